The van der Waals surface area contributed by atoms with Gasteiger partial charge in [-0.3, -0.25) is 4.79 Å². The monoisotopic (exact) mass is 408 g/mol. The average Bonchev–Trinajstić information content (AvgIpc) is 3.19. The van der Waals surface area contributed by atoms with Gasteiger partial charge < -0.3 is 14.8 Å². The first-order valence-corrected chi connectivity index (χ1v) is 10.1. The van der Waals surface area contributed by atoms with Crippen LogP contribution in [0.15, 0.2) is 47.4 Å². The van der Waals surface area contributed by atoms with E-state index in [1.807, 2.05) is 0 Å². The molecule has 0 bridgehead atoms. The zero-order chi connectivity index (χ0) is 20.3. The topological polar surface area (TPSA) is 84.9 Å². The van der Waals surface area contributed by atoms with Crippen molar-refractivity contribution in [1.29, 1.82) is 0 Å². The van der Waals surface area contributed by atoms with E-state index in [4.69, 9.17) is 9.47 Å². The molecule has 0 saturated carbocycles. The molecule has 7 nitrogen and oxygen atoms in total. The van der Waals surface area contributed by atoms with Gasteiger partial charge in [-0.2, -0.15) is 4.31 Å². The summed E-state index contributed by atoms with van der Waals surface area (Å²) in [5.41, 5.74) is 0.416. The summed E-state index contributed by atoms with van der Waals surface area (Å²) in [4.78, 5) is 12.8. The van der Waals surface area contributed by atoms with Crippen molar-refractivity contribution in [1.82, 2.24) is 4.31 Å². The molecule has 1 fully saturated rings. The molecule has 1 heterocycles. The minimum atomic E-state index is -3.91. The first-order chi connectivity index (χ1) is 13.4. The average molecular weight is 408 g/mol. The molecule has 1 N–H and O–H groups in total. The van der Waals surface area contributed by atoms with Gasteiger partial charge >= 0.3 is 0 Å². The van der Waals surface area contributed by atoms with Crippen LogP contribution in [0.5, 0.6) is 11.5 Å². The van der Waals surface area contributed by atoms with E-state index < -0.39 is 27.8 Å². The normalized spacial score (nSPS) is 17.3. The Bertz CT molecular complexity index is 963. The molecule has 0 radical (unpaired) electrons. The molecule has 0 unspecified atom stereocenters. The second-order valence-corrected chi connectivity index (χ2v) is 8.17. The number of hydrogen-bond donors (Lipinski definition) is 1. The number of rotatable bonds is 6. The van der Waals surface area contributed by atoms with Crippen LogP contribution in [0.25, 0.3) is 0 Å². The van der Waals surface area contributed by atoms with Crippen molar-refractivity contribution in [2.75, 3.05) is 26.1 Å². The summed E-state index contributed by atoms with van der Waals surface area (Å²) in [6.45, 7) is 0.220. The summed E-state index contributed by atoms with van der Waals surface area (Å²) in [5.74, 6) is -0.0113. The quantitative estimate of drug-likeness (QED) is 0.794. The molecular formula is C19H21FN2O5S. The SMILES string of the molecule is COc1ccc(NC(=O)[C@H]2CCCN2S(=O)(=O)c2ccc(F)cc2)c(OC)c1. The Labute approximate surface area is 163 Å². The van der Waals surface area contributed by atoms with Crippen LogP contribution >= 0.6 is 0 Å². The van der Waals surface area contributed by atoms with Crippen LogP contribution in [0.1, 0.15) is 12.8 Å². The van der Waals surface area contributed by atoms with Crippen molar-refractivity contribution in [2.45, 2.75) is 23.8 Å². The Morgan fingerprint density at radius 2 is 1.86 bits per heavy atom. The van der Waals surface area contributed by atoms with E-state index >= 15 is 0 Å². The molecule has 0 aromatic heterocycles. The van der Waals surface area contributed by atoms with Crippen LogP contribution in [-0.4, -0.2) is 45.4 Å². The fourth-order valence-electron chi connectivity index (χ4n) is 3.15. The molecule has 28 heavy (non-hydrogen) atoms. The molecule has 1 amide bonds. The third-order valence-corrected chi connectivity index (χ3v) is 6.52. The predicted molar refractivity (Wildman–Crippen MR) is 101 cm³/mol. The molecule has 9 heteroatoms. The van der Waals surface area contributed by atoms with Gasteiger partial charge in [0.25, 0.3) is 0 Å². The second kappa shape index (κ2) is 8.15. The molecule has 1 saturated heterocycles. The number of methoxy groups -OCH3 is 2. The number of halogens is 1. The Morgan fingerprint density at radius 3 is 2.50 bits per heavy atom. The number of anilines is 1. The fourth-order valence-corrected chi connectivity index (χ4v) is 4.81. The Kier molecular flexibility index (Phi) is 5.85. The van der Waals surface area contributed by atoms with E-state index in [0.717, 1.165) is 16.4 Å². The number of nitrogens with one attached hydrogen (secondary N) is 1. The first-order valence-electron chi connectivity index (χ1n) is 8.67. The third-order valence-electron chi connectivity index (χ3n) is 4.59. The highest BCUT2D eigenvalue weighted by Crippen LogP contribution is 2.31. The lowest BCUT2D eigenvalue weighted by atomic mass is 10.2. The van der Waals surface area contributed by atoms with E-state index in [1.54, 1.807) is 18.2 Å². The highest BCUT2D eigenvalue weighted by molar-refractivity contribution is 7.89. The Hall–Kier alpha value is -2.65. The van der Waals surface area contributed by atoms with Crippen LogP contribution in [0.2, 0.25) is 0 Å². The van der Waals surface area contributed by atoms with Gasteiger partial charge in [0, 0.05) is 12.6 Å². The smallest absolute Gasteiger partial charge is 0.243 e. The van der Waals surface area contributed by atoms with Gasteiger partial charge in [0.2, 0.25) is 15.9 Å². The highest BCUT2D eigenvalue weighted by atomic mass is 32.2. The number of carbonyl (C=O) groups is 1. The summed E-state index contributed by atoms with van der Waals surface area (Å²) in [6.07, 6.45) is 0.947. The maximum absolute atomic E-state index is 13.1. The first kappa shape index (κ1) is 20.1. The van der Waals surface area contributed by atoms with Gasteiger partial charge in [0.05, 0.1) is 24.8 Å². The maximum Gasteiger partial charge on any atom is 0.243 e. The zero-order valence-electron chi connectivity index (χ0n) is 15.5. The van der Waals surface area contributed by atoms with Crippen molar-refractivity contribution >= 4 is 21.6 Å². The standard InChI is InChI=1S/C19H21FN2O5S/c1-26-14-7-10-16(18(12-14)27-2)21-19(23)17-4-3-11-22(17)28(24,25)15-8-5-13(20)6-9-15/h5-10,12,17H,3-4,11H2,1-2H3,(H,21,23)/t17-/m1/s1. The molecule has 0 aliphatic carbocycles. The second-order valence-electron chi connectivity index (χ2n) is 6.28. The van der Waals surface area contributed by atoms with Crippen molar-refractivity contribution in [2.24, 2.45) is 0 Å². The molecular weight excluding hydrogens is 387 g/mol. The number of hydrogen-bond acceptors (Lipinski definition) is 5. The molecule has 2 aromatic carbocycles. The van der Waals surface area contributed by atoms with Crippen LogP contribution in [-0.2, 0) is 14.8 Å². The van der Waals surface area contributed by atoms with Crippen LogP contribution in [0, 0.1) is 5.82 Å². The van der Waals surface area contributed by atoms with Gasteiger partial charge in [-0.05, 0) is 49.2 Å². The number of benzene rings is 2. The number of ether oxygens (including phenoxy) is 2. The molecule has 0 spiro atoms. The summed E-state index contributed by atoms with van der Waals surface area (Å²) in [5, 5.41) is 2.73. The zero-order valence-corrected chi connectivity index (χ0v) is 16.3. The summed E-state index contributed by atoms with van der Waals surface area (Å²) < 4.78 is 50.5. The van der Waals surface area contributed by atoms with Crippen LogP contribution < -0.4 is 14.8 Å². The van der Waals surface area contributed by atoms with E-state index in [2.05, 4.69) is 5.32 Å². The Balaban J connectivity index is 1.83. The number of amides is 1. The number of carbonyl (C=O) groups excluding carboxylic acids is 1. The lowest BCUT2D eigenvalue weighted by Gasteiger charge is -2.24. The molecule has 1 aliphatic rings. The summed E-state index contributed by atoms with van der Waals surface area (Å²) >= 11 is 0. The predicted octanol–water partition coefficient (Wildman–Crippen LogP) is 2.63. The maximum atomic E-state index is 13.1. The van der Waals surface area contributed by atoms with Gasteiger partial charge in [-0.15, -0.1) is 0 Å². The van der Waals surface area contributed by atoms with Crippen molar-refractivity contribution in [3.63, 3.8) is 0 Å². The van der Waals surface area contributed by atoms with E-state index in [1.165, 1.54) is 26.4 Å². The molecule has 150 valence electrons. The lowest BCUT2D eigenvalue weighted by molar-refractivity contribution is -0.119. The number of nitrogens with zero attached hydrogens (tertiary/aromatic N) is 1. The van der Waals surface area contributed by atoms with Gasteiger partial charge in [-0.25, -0.2) is 12.8 Å². The minimum absolute atomic E-state index is 0.0457. The van der Waals surface area contributed by atoms with Crippen molar-refractivity contribution in [3.8, 4) is 11.5 Å². The van der Waals surface area contributed by atoms with E-state index in [9.17, 15) is 17.6 Å². The van der Waals surface area contributed by atoms with E-state index in [0.29, 0.717) is 30.0 Å². The highest BCUT2D eigenvalue weighted by Gasteiger charge is 2.39. The fraction of sp³-hybridized carbons (Fsp3) is 0.316. The van der Waals surface area contributed by atoms with Crippen molar-refractivity contribution < 1.29 is 27.1 Å². The van der Waals surface area contributed by atoms with Crippen LogP contribution in [0.3, 0.4) is 0 Å². The number of sulfonamides is 1. The van der Waals surface area contributed by atoms with E-state index in [-0.39, 0.29) is 11.4 Å². The van der Waals surface area contributed by atoms with Gasteiger partial charge in [0.15, 0.2) is 0 Å². The lowest BCUT2D eigenvalue weighted by Crippen LogP contribution is -2.43. The minimum Gasteiger partial charge on any atom is -0.497 e. The van der Waals surface area contributed by atoms with Gasteiger partial charge in [-0.1, -0.05) is 0 Å². The third kappa shape index (κ3) is 3.95. The Morgan fingerprint density at radius 1 is 1.14 bits per heavy atom. The van der Waals surface area contributed by atoms with Gasteiger partial charge in [0.1, 0.15) is 23.4 Å². The molecule has 1 atom stereocenters. The van der Waals surface area contributed by atoms with Crippen molar-refractivity contribution in [3.05, 3.63) is 48.3 Å². The summed E-state index contributed by atoms with van der Waals surface area (Å²) in [7, 11) is -0.933. The summed E-state index contributed by atoms with van der Waals surface area (Å²) in [6, 6.07) is 8.62. The molecule has 1 aliphatic heterocycles. The molecule has 2 aromatic rings. The molecule has 3 rings (SSSR count). The largest absolute Gasteiger partial charge is 0.497 e. The van der Waals surface area contributed by atoms with Crippen LogP contribution in [0.4, 0.5) is 10.1 Å².